The van der Waals surface area contributed by atoms with E-state index in [0.717, 1.165) is 33.5 Å². The molecule has 0 aliphatic carbocycles. The number of fused-ring (bicyclic) bond motifs is 1. The van der Waals surface area contributed by atoms with E-state index < -0.39 is 0 Å². The molecule has 0 amide bonds. The van der Waals surface area contributed by atoms with E-state index >= 15 is 0 Å². The normalized spacial score (nSPS) is 11.5. The first-order chi connectivity index (χ1) is 12.9. The Morgan fingerprint density at radius 3 is 1.65 bits per heavy atom. The molecule has 0 atom stereocenters. The summed E-state index contributed by atoms with van der Waals surface area (Å²) in [6.07, 6.45) is 0. The molecule has 0 saturated heterocycles. The molecule has 0 aliphatic heterocycles. The van der Waals surface area contributed by atoms with Crippen LogP contribution in [0.5, 0.6) is 0 Å². The molecule has 0 saturated carbocycles. The summed E-state index contributed by atoms with van der Waals surface area (Å²) in [6.45, 7) is 0. The minimum Gasteiger partial charge on any atom is -0.151 e. The second kappa shape index (κ2) is 7.49. The van der Waals surface area contributed by atoms with Crippen LogP contribution in [0.4, 0.5) is 22.7 Å². The monoisotopic (exact) mass is 336 g/mol. The maximum absolute atomic E-state index is 4.40. The molecule has 0 spiro atoms. The summed E-state index contributed by atoms with van der Waals surface area (Å²) in [7, 11) is 0. The predicted octanol–water partition coefficient (Wildman–Crippen LogP) is 7.67. The summed E-state index contributed by atoms with van der Waals surface area (Å²) < 4.78 is 0. The van der Waals surface area contributed by atoms with E-state index in [9.17, 15) is 0 Å². The molecule has 4 nitrogen and oxygen atoms in total. The summed E-state index contributed by atoms with van der Waals surface area (Å²) in [5, 5.41) is 19.4. The summed E-state index contributed by atoms with van der Waals surface area (Å²) in [5.74, 6) is 0. The molecule has 0 fully saturated rings. The van der Waals surface area contributed by atoms with Crippen LogP contribution in [0.1, 0.15) is 0 Å². The van der Waals surface area contributed by atoms with Gasteiger partial charge in [-0.05, 0) is 47.9 Å². The zero-order valence-electron chi connectivity index (χ0n) is 14.0. The van der Waals surface area contributed by atoms with Gasteiger partial charge in [0.1, 0.15) is 0 Å². The zero-order valence-corrected chi connectivity index (χ0v) is 14.0. The van der Waals surface area contributed by atoms with Gasteiger partial charge in [0.15, 0.2) is 0 Å². The Morgan fingerprint density at radius 1 is 0.385 bits per heavy atom. The lowest BCUT2D eigenvalue weighted by molar-refractivity contribution is 1.21. The minimum atomic E-state index is 0.775. The highest BCUT2D eigenvalue weighted by Crippen LogP contribution is 2.28. The fourth-order valence-electron chi connectivity index (χ4n) is 2.60. The van der Waals surface area contributed by atoms with Gasteiger partial charge >= 0.3 is 0 Å². The first-order valence-electron chi connectivity index (χ1n) is 8.35. The van der Waals surface area contributed by atoms with Crippen LogP contribution >= 0.6 is 0 Å². The highest BCUT2D eigenvalue weighted by molar-refractivity contribution is 5.92. The second-order valence-electron chi connectivity index (χ2n) is 5.75. The van der Waals surface area contributed by atoms with Crippen molar-refractivity contribution in [3.63, 3.8) is 0 Å². The Kier molecular flexibility index (Phi) is 4.56. The van der Waals surface area contributed by atoms with Crippen LogP contribution in [0.3, 0.4) is 0 Å². The summed E-state index contributed by atoms with van der Waals surface area (Å²) in [5.41, 5.74) is 3.23. The van der Waals surface area contributed by atoms with E-state index in [-0.39, 0.29) is 0 Å². The van der Waals surface area contributed by atoms with Crippen molar-refractivity contribution in [3.05, 3.63) is 97.1 Å². The van der Waals surface area contributed by atoms with Crippen LogP contribution in [-0.4, -0.2) is 0 Å². The summed E-state index contributed by atoms with van der Waals surface area (Å²) in [4.78, 5) is 0. The SMILES string of the molecule is c1ccc(N=Nc2ccc(N=Nc3cccc4ccccc34)cc2)cc1. The van der Waals surface area contributed by atoms with Gasteiger partial charge in [-0.3, -0.25) is 0 Å². The fourth-order valence-corrected chi connectivity index (χ4v) is 2.60. The molecule has 26 heavy (non-hydrogen) atoms. The minimum absolute atomic E-state index is 0.775. The predicted molar refractivity (Wildman–Crippen MR) is 105 cm³/mol. The molecule has 0 aliphatic rings. The van der Waals surface area contributed by atoms with Gasteiger partial charge in [0.05, 0.1) is 22.7 Å². The molecule has 0 heterocycles. The van der Waals surface area contributed by atoms with Gasteiger partial charge in [0, 0.05) is 5.39 Å². The topological polar surface area (TPSA) is 49.4 Å². The van der Waals surface area contributed by atoms with Crippen molar-refractivity contribution in [2.24, 2.45) is 20.5 Å². The van der Waals surface area contributed by atoms with Crippen LogP contribution in [0.25, 0.3) is 10.8 Å². The van der Waals surface area contributed by atoms with Crippen LogP contribution in [0, 0.1) is 0 Å². The Morgan fingerprint density at radius 2 is 0.923 bits per heavy atom. The van der Waals surface area contributed by atoms with Gasteiger partial charge in [-0.15, -0.1) is 5.11 Å². The first-order valence-corrected chi connectivity index (χ1v) is 8.35. The molecular weight excluding hydrogens is 320 g/mol. The molecule has 0 unspecified atom stereocenters. The fraction of sp³-hybridized carbons (Fsp3) is 0. The smallest absolute Gasteiger partial charge is 0.0935 e. The largest absolute Gasteiger partial charge is 0.151 e. The molecule has 4 rings (SSSR count). The Bertz CT molecular complexity index is 1060. The van der Waals surface area contributed by atoms with E-state index in [1.165, 1.54) is 0 Å². The van der Waals surface area contributed by atoms with Crippen molar-refractivity contribution < 1.29 is 0 Å². The van der Waals surface area contributed by atoms with Crippen molar-refractivity contribution in [2.75, 3.05) is 0 Å². The third kappa shape index (κ3) is 3.70. The van der Waals surface area contributed by atoms with Gasteiger partial charge in [-0.2, -0.15) is 15.3 Å². The van der Waals surface area contributed by atoms with E-state index in [1.807, 2.05) is 78.9 Å². The number of azo groups is 2. The maximum Gasteiger partial charge on any atom is 0.0935 e. The summed E-state index contributed by atoms with van der Waals surface area (Å²) in [6, 6.07) is 31.4. The quantitative estimate of drug-likeness (QED) is 0.343. The van der Waals surface area contributed by atoms with Gasteiger partial charge in [-0.25, -0.2) is 0 Å². The highest BCUT2D eigenvalue weighted by atomic mass is 15.1. The number of nitrogens with zero attached hydrogens (tertiary/aromatic N) is 4. The maximum atomic E-state index is 4.40. The van der Waals surface area contributed by atoms with Crippen LogP contribution in [0.2, 0.25) is 0 Å². The first kappa shape index (κ1) is 15.8. The van der Waals surface area contributed by atoms with Crippen molar-refractivity contribution >= 4 is 33.5 Å². The number of rotatable bonds is 4. The zero-order chi connectivity index (χ0) is 17.6. The van der Waals surface area contributed by atoms with Gasteiger partial charge in [0.25, 0.3) is 0 Å². The standard InChI is InChI=1S/C22H16N4/c1-2-9-18(10-3-1)23-24-19-13-15-20(16-14-19)25-26-22-12-6-8-17-7-4-5-11-21(17)22/h1-16H. The number of hydrogen-bond acceptors (Lipinski definition) is 4. The van der Waals surface area contributed by atoms with E-state index in [2.05, 4.69) is 38.7 Å². The molecule has 0 bridgehead atoms. The molecule has 124 valence electrons. The molecule has 4 aromatic rings. The lowest BCUT2D eigenvalue weighted by Crippen LogP contribution is -1.72. The van der Waals surface area contributed by atoms with Gasteiger partial charge < -0.3 is 0 Å². The van der Waals surface area contributed by atoms with Crippen molar-refractivity contribution in [2.45, 2.75) is 0 Å². The Labute approximate surface area is 151 Å². The molecule has 4 aromatic carbocycles. The van der Waals surface area contributed by atoms with E-state index in [4.69, 9.17) is 0 Å². The van der Waals surface area contributed by atoms with Crippen molar-refractivity contribution in [3.8, 4) is 0 Å². The molecule has 0 N–H and O–H groups in total. The van der Waals surface area contributed by atoms with E-state index in [1.54, 1.807) is 0 Å². The molecule has 0 radical (unpaired) electrons. The van der Waals surface area contributed by atoms with Crippen LogP contribution in [0.15, 0.2) is 118 Å². The highest BCUT2D eigenvalue weighted by Gasteiger charge is 1.99. The van der Waals surface area contributed by atoms with E-state index in [0.29, 0.717) is 0 Å². The van der Waals surface area contributed by atoms with Crippen molar-refractivity contribution in [1.82, 2.24) is 0 Å². The van der Waals surface area contributed by atoms with Crippen LogP contribution in [-0.2, 0) is 0 Å². The number of hydrogen-bond donors (Lipinski definition) is 0. The third-order valence-corrected chi connectivity index (χ3v) is 3.93. The molecule has 0 aromatic heterocycles. The van der Waals surface area contributed by atoms with Crippen molar-refractivity contribution in [1.29, 1.82) is 0 Å². The average molecular weight is 336 g/mol. The molecule has 4 heteroatoms. The van der Waals surface area contributed by atoms with Crippen LogP contribution < -0.4 is 0 Å². The Hall–Kier alpha value is -3.66. The third-order valence-electron chi connectivity index (χ3n) is 3.93. The Balaban J connectivity index is 1.52. The number of benzene rings is 4. The lowest BCUT2D eigenvalue weighted by Gasteiger charge is -2.00. The lowest BCUT2D eigenvalue weighted by atomic mass is 10.1. The molecular formula is C22H16N4. The van der Waals surface area contributed by atoms with Gasteiger partial charge in [0.2, 0.25) is 0 Å². The summed E-state index contributed by atoms with van der Waals surface area (Å²) >= 11 is 0. The average Bonchev–Trinajstić information content (AvgIpc) is 2.72. The second-order valence-corrected chi connectivity index (χ2v) is 5.75. The van der Waals surface area contributed by atoms with Gasteiger partial charge in [-0.1, -0.05) is 54.6 Å².